The van der Waals surface area contributed by atoms with Crippen LogP contribution >= 0.6 is 11.3 Å². The Kier molecular flexibility index (Phi) is 7.92. The Morgan fingerprint density at radius 3 is 2.52 bits per heavy atom. The smallest absolute Gasteiger partial charge is 0.251 e. The molecule has 1 aromatic heterocycles. The third-order valence-corrected chi connectivity index (χ3v) is 5.78. The molecule has 0 saturated carbocycles. The number of carbonyl (C=O) groups is 2. The second kappa shape index (κ2) is 10.8. The van der Waals surface area contributed by atoms with E-state index in [9.17, 15) is 9.59 Å². The molecule has 0 saturated heterocycles. The van der Waals surface area contributed by atoms with Crippen molar-refractivity contribution in [3.05, 3.63) is 81.9 Å². The second-order valence-electron chi connectivity index (χ2n) is 7.36. The summed E-state index contributed by atoms with van der Waals surface area (Å²) in [4.78, 5) is 30.4. The van der Waals surface area contributed by atoms with Crippen molar-refractivity contribution >= 4 is 28.3 Å². The van der Waals surface area contributed by atoms with Crippen molar-refractivity contribution < 1.29 is 9.59 Å². The lowest BCUT2D eigenvalue weighted by molar-refractivity contribution is -0.116. The Morgan fingerprint density at radius 1 is 1.03 bits per heavy atom. The highest BCUT2D eigenvalue weighted by atomic mass is 32.1. The molecule has 0 bridgehead atoms. The van der Waals surface area contributed by atoms with Crippen molar-refractivity contribution in [3.63, 3.8) is 0 Å². The Hall–Kier alpha value is -3.03. The highest BCUT2D eigenvalue weighted by molar-refractivity contribution is 7.14. The predicted octanol–water partition coefficient (Wildman–Crippen LogP) is 4.04. The zero-order chi connectivity index (χ0) is 22.2. The Morgan fingerprint density at radius 2 is 1.81 bits per heavy atom. The fourth-order valence-corrected chi connectivity index (χ4v) is 4.07. The lowest BCUT2D eigenvalue weighted by atomic mass is 10.1. The van der Waals surface area contributed by atoms with E-state index in [0.29, 0.717) is 31.7 Å². The minimum atomic E-state index is -0.0875. The lowest BCUT2D eigenvalue weighted by Crippen LogP contribution is -2.27. The van der Waals surface area contributed by atoms with Gasteiger partial charge in [-0.2, -0.15) is 0 Å². The maximum absolute atomic E-state index is 12.5. The lowest BCUT2D eigenvalue weighted by Gasteiger charge is -2.14. The van der Waals surface area contributed by atoms with Crippen LogP contribution < -0.4 is 15.5 Å². The monoisotopic (exact) mass is 436 g/mol. The van der Waals surface area contributed by atoms with Crippen LogP contribution in [0, 0.1) is 6.92 Å². The van der Waals surface area contributed by atoms with Crippen LogP contribution in [0.25, 0.3) is 0 Å². The fraction of sp³-hybridized carbons (Fsp3) is 0.292. The van der Waals surface area contributed by atoms with Crippen LogP contribution in [0.1, 0.15) is 46.6 Å². The van der Waals surface area contributed by atoms with Gasteiger partial charge < -0.3 is 10.6 Å². The van der Waals surface area contributed by atoms with E-state index >= 15 is 0 Å². The van der Waals surface area contributed by atoms with Gasteiger partial charge in [-0.15, -0.1) is 11.3 Å². The van der Waals surface area contributed by atoms with Crippen LogP contribution in [0.15, 0.2) is 53.9 Å². The van der Waals surface area contributed by atoms with Crippen molar-refractivity contribution in [3.8, 4) is 0 Å². The summed E-state index contributed by atoms with van der Waals surface area (Å²) in [5, 5.41) is 9.01. The molecule has 2 amide bonds. The number of hydrogen-bond donors (Lipinski definition) is 2. The molecule has 0 aliphatic heterocycles. The molecule has 0 aliphatic rings. The van der Waals surface area contributed by atoms with Crippen LogP contribution in [0.2, 0.25) is 0 Å². The highest BCUT2D eigenvalue weighted by Crippen LogP contribution is 2.20. The normalized spacial score (nSPS) is 10.7. The molecule has 31 heavy (non-hydrogen) atoms. The first-order valence-electron chi connectivity index (χ1n) is 10.3. The molecule has 162 valence electrons. The van der Waals surface area contributed by atoms with Gasteiger partial charge in [0.15, 0.2) is 5.13 Å². The van der Waals surface area contributed by atoms with E-state index in [1.165, 1.54) is 16.9 Å². The van der Waals surface area contributed by atoms with E-state index in [0.717, 1.165) is 22.0 Å². The van der Waals surface area contributed by atoms with Crippen LogP contribution in [-0.4, -0.2) is 23.3 Å². The summed E-state index contributed by atoms with van der Waals surface area (Å²) in [7, 11) is 0. The standard InChI is InChI=1S/C24H28N4O2S/c1-4-28(18(3)29)24-27-22(16-31-24)15-25-13-20-6-5-7-21(12-20)23(30)26-14-19-10-8-17(2)9-11-19/h5-12,16,25H,4,13-15H2,1-3H3,(H,26,30). The zero-order valence-electron chi connectivity index (χ0n) is 18.1. The number of anilines is 1. The van der Waals surface area contributed by atoms with Gasteiger partial charge in [0.25, 0.3) is 5.91 Å². The van der Waals surface area contributed by atoms with Gasteiger partial charge in [0.1, 0.15) is 0 Å². The molecule has 3 rings (SSSR count). The van der Waals surface area contributed by atoms with E-state index in [-0.39, 0.29) is 11.8 Å². The summed E-state index contributed by atoms with van der Waals surface area (Å²) >= 11 is 1.47. The first-order chi connectivity index (χ1) is 15.0. The van der Waals surface area contributed by atoms with E-state index in [1.54, 1.807) is 11.8 Å². The largest absolute Gasteiger partial charge is 0.348 e. The van der Waals surface area contributed by atoms with Crippen LogP contribution in [-0.2, 0) is 24.4 Å². The number of rotatable bonds is 9. The first-order valence-corrected chi connectivity index (χ1v) is 11.2. The van der Waals surface area contributed by atoms with Gasteiger partial charge in [-0.05, 0) is 37.1 Å². The quantitative estimate of drug-likeness (QED) is 0.531. The number of benzene rings is 2. The number of thiazole rings is 1. The molecular formula is C24H28N4O2S. The summed E-state index contributed by atoms with van der Waals surface area (Å²) in [6, 6.07) is 15.7. The van der Waals surface area contributed by atoms with Crippen molar-refractivity contribution in [1.29, 1.82) is 0 Å². The van der Waals surface area contributed by atoms with Crippen LogP contribution in [0.5, 0.6) is 0 Å². The van der Waals surface area contributed by atoms with Gasteiger partial charge in [0.05, 0.1) is 5.69 Å². The van der Waals surface area contributed by atoms with E-state index in [2.05, 4.69) is 15.6 Å². The Labute approximate surface area is 187 Å². The number of carbonyl (C=O) groups excluding carboxylic acids is 2. The molecule has 0 radical (unpaired) electrons. The molecule has 6 nitrogen and oxygen atoms in total. The summed E-state index contributed by atoms with van der Waals surface area (Å²) in [6.45, 7) is 7.85. The molecule has 2 N–H and O–H groups in total. The molecule has 0 unspecified atom stereocenters. The minimum absolute atomic E-state index is 0.00571. The number of aryl methyl sites for hydroxylation is 1. The van der Waals surface area contributed by atoms with Gasteiger partial charge >= 0.3 is 0 Å². The van der Waals surface area contributed by atoms with Gasteiger partial charge in [-0.1, -0.05) is 42.0 Å². The fourth-order valence-electron chi connectivity index (χ4n) is 3.14. The maximum atomic E-state index is 12.5. The molecule has 0 atom stereocenters. The molecule has 7 heteroatoms. The summed E-state index contributed by atoms with van der Waals surface area (Å²) in [6.07, 6.45) is 0. The third kappa shape index (κ3) is 6.47. The van der Waals surface area contributed by atoms with Gasteiger partial charge in [0, 0.05) is 44.0 Å². The van der Waals surface area contributed by atoms with Crippen molar-refractivity contribution in [1.82, 2.24) is 15.6 Å². The predicted molar refractivity (Wildman–Crippen MR) is 125 cm³/mol. The number of aromatic nitrogens is 1. The molecule has 0 spiro atoms. The maximum Gasteiger partial charge on any atom is 0.251 e. The van der Waals surface area contributed by atoms with Crippen LogP contribution in [0.3, 0.4) is 0 Å². The highest BCUT2D eigenvalue weighted by Gasteiger charge is 2.13. The Bertz CT molecular complexity index is 1030. The summed E-state index contributed by atoms with van der Waals surface area (Å²) in [5.41, 5.74) is 4.84. The molecule has 2 aromatic carbocycles. The minimum Gasteiger partial charge on any atom is -0.348 e. The molecule has 3 aromatic rings. The average Bonchev–Trinajstić information content (AvgIpc) is 3.22. The molecule has 0 aliphatic carbocycles. The van der Waals surface area contributed by atoms with Crippen molar-refractivity contribution in [2.24, 2.45) is 0 Å². The average molecular weight is 437 g/mol. The summed E-state index contributed by atoms with van der Waals surface area (Å²) < 4.78 is 0. The second-order valence-corrected chi connectivity index (χ2v) is 8.19. The van der Waals surface area contributed by atoms with Gasteiger partial charge in [0.2, 0.25) is 5.91 Å². The summed E-state index contributed by atoms with van der Waals surface area (Å²) in [5.74, 6) is -0.0933. The van der Waals surface area contributed by atoms with E-state index in [4.69, 9.17) is 0 Å². The third-order valence-electron chi connectivity index (χ3n) is 4.86. The first kappa shape index (κ1) is 22.7. The number of amides is 2. The van der Waals surface area contributed by atoms with Gasteiger partial charge in [-0.25, -0.2) is 4.98 Å². The topological polar surface area (TPSA) is 74.3 Å². The molecule has 1 heterocycles. The zero-order valence-corrected chi connectivity index (χ0v) is 19.0. The van der Waals surface area contributed by atoms with Crippen molar-refractivity contribution in [2.45, 2.75) is 40.4 Å². The van der Waals surface area contributed by atoms with E-state index < -0.39 is 0 Å². The van der Waals surface area contributed by atoms with Gasteiger partial charge in [-0.3, -0.25) is 14.5 Å². The number of nitrogens with zero attached hydrogens (tertiary/aromatic N) is 2. The SMILES string of the molecule is CCN(C(C)=O)c1nc(CNCc2cccc(C(=O)NCc3ccc(C)cc3)c2)cs1. The number of hydrogen-bond acceptors (Lipinski definition) is 5. The molecular weight excluding hydrogens is 408 g/mol. The van der Waals surface area contributed by atoms with E-state index in [1.807, 2.05) is 67.8 Å². The molecule has 0 fully saturated rings. The number of nitrogens with one attached hydrogen (secondary N) is 2. The Balaban J connectivity index is 1.51. The van der Waals surface area contributed by atoms with Crippen LogP contribution in [0.4, 0.5) is 5.13 Å². The van der Waals surface area contributed by atoms with Crippen molar-refractivity contribution in [2.75, 3.05) is 11.4 Å².